The molecule has 0 heterocycles. The molecule has 0 aliphatic heterocycles. The number of hydrogen-bond acceptors (Lipinski definition) is 14. The molecule has 72 heavy (non-hydrogen) atoms. The van der Waals surface area contributed by atoms with Gasteiger partial charge in [0.25, 0.3) is 0 Å². The minimum Gasteiger partial charge on any atom is -0.480 e. The SMILES string of the molecule is CCCCCC(O)C(CCCCCCCCCCC(=O)OCCCCCCCCCCOC(=O)CCCCCCCCCCC(O)C(CCCCC)OC(=O)CC[C@H](N)C(=O)O)OC(=O)CC[C@H](N)C(=O)O. The number of ether oxygens (including phenoxy) is 4. The fourth-order valence-corrected chi connectivity index (χ4v) is 8.62. The Kier molecular flexibility index (Phi) is 46.3. The van der Waals surface area contributed by atoms with Gasteiger partial charge in [0.05, 0.1) is 25.4 Å². The first-order chi connectivity index (χ1) is 34.7. The number of hydrogen-bond donors (Lipinski definition) is 6. The Balaban J connectivity index is 3.75. The second kappa shape index (κ2) is 48.6. The van der Waals surface area contributed by atoms with Gasteiger partial charge >= 0.3 is 35.8 Å². The van der Waals surface area contributed by atoms with E-state index in [1.165, 1.54) is 0 Å². The first-order valence-electron chi connectivity index (χ1n) is 28.7. The van der Waals surface area contributed by atoms with Crippen molar-refractivity contribution in [3.05, 3.63) is 0 Å². The van der Waals surface area contributed by atoms with Crippen LogP contribution in [0.4, 0.5) is 0 Å². The summed E-state index contributed by atoms with van der Waals surface area (Å²) in [5, 5.41) is 39.3. The van der Waals surface area contributed by atoms with E-state index in [1.807, 2.05) is 0 Å². The number of aliphatic hydroxyl groups excluding tert-OH is 2. The molecular weight excluding hydrogens is 925 g/mol. The monoisotopic (exact) mass is 1030 g/mol. The van der Waals surface area contributed by atoms with Crippen molar-refractivity contribution in [1.82, 2.24) is 0 Å². The number of rotatable bonds is 53. The zero-order valence-electron chi connectivity index (χ0n) is 45.2. The van der Waals surface area contributed by atoms with E-state index in [-0.39, 0.29) is 37.6 Å². The molecule has 0 amide bonds. The van der Waals surface area contributed by atoms with Crippen LogP contribution in [0.1, 0.15) is 271 Å². The lowest BCUT2D eigenvalue weighted by molar-refractivity contribution is -0.157. The molecule has 6 atom stereocenters. The molecule has 0 aromatic heterocycles. The molecule has 0 radical (unpaired) electrons. The number of carboxylic acid groups (broad SMARTS) is 2. The average Bonchev–Trinajstić information content (AvgIpc) is 3.35. The second-order valence-corrected chi connectivity index (χ2v) is 20.2. The summed E-state index contributed by atoms with van der Waals surface area (Å²) < 4.78 is 22.0. The van der Waals surface area contributed by atoms with Crippen molar-refractivity contribution in [2.24, 2.45) is 11.5 Å². The van der Waals surface area contributed by atoms with Crippen LogP contribution in [0.15, 0.2) is 0 Å². The van der Waals surface area contributed by atoms with Crippen LogP contribution in [0.25, 0.3) is 0 Å². The van der Waals surface area contributed by atoms with Crippen LogP contribution in [-0.2, 0) is 47.7 Å². The van der Waals surface area contributed by atoms with Gasteiger partial charge in [-0.1, -0.05) is 168 Å². The summed E-state index contributed by atoms with van der Waals surface area (Å²) in [7, 11) is 0. The van der Waals surface area contributed by atoms with Crippen molar-refractivity contribution >= 4 is 35.8 Å². The molecular formula is C56H104N2O14. The van der Waals surface area contributed by atoms with Gasteiger partial charge in [-0.05, 0) is 77.0 Å². The van der Waals surface area contributed by atoms with Crippen LogP contribution in [0.3, 0.4) is 0 Å². The van der Waals surface area contributed by atoms with E-state index in [0.29, 0.717) is 51.7 Å². The van der Waals surface area contributed by atoms with Crippen molar-refractivity contribution < 1.29 is 68.1 Å². The van der Waals surface area contributed by atoms with Gasteiger partial charge in [-0.3, -0.25) is 28.8 Å². The topological polar surface area (TPSA) is 272 Å². The Labute approximate surface area is 434 Å². The van der Waals surface area contributed by atoms with Crippen LogP contribution in [0, 0.1) is 0 Å². The predicted octanol–water partition coefficient (Wildman–Crippen LogP) is 11.1. The normalized spacial score (nSPS) is 13.9. The summed E-state index contributed by atoms with van der Waals surface area (Å²) >= 11 is 0. The molecule has 0 fully saturated rings. The number of carbonyl (C=O) groups excluding carboxylic acids is 4. The maximum Gasteiger partial charge on any atom is 0.320 e. The van der Waals surface area contributed by atoms with Gasteiger partial charge in [-0.25, -0.2) is 0 Å². The highest BCUT2D eigenvalue weighted by Crippen LogP contribution is 2.21. The third-order valence-electron chi connectivity index (χ3n) is 13.4. The van der Waals surface area contributed by atoms with Gasteiger partial charge in [0.1, 0.15) is 24.3 Å². The minimum atomic E-state index is -1.15. The lowest BCUT2D eigenvalue weighted by atomic mass is 9.99. The van der Waals surface area contributed by atoms with Gasteiger partial charge in [-0.2, -0.15) is 0 Å². The molecule has 0 saturated heterocycles. The van der Waals surface area contributed by atoms with Gasteiger partial charge in [0.15, 0.2) is 0 Å². The number of carbonyl (C=O) groups is 6. The third-order valence-corrected chi connectivity index (χ3v) is 13.4. The Morgan fingerprint density at radius 3 is 0.958 bits per heavy atom. The van der Waals surface area contributed by atoms with Crippen LogP contribution in [0.5, 0.6) is 0 Å². The Morgan fingerprint density at radius 1 is 0.347 bits per heavy atom. The molecule has 0 aliphatic rings. The number of aliphatic hydroxyl groups is 2. The van der Waals surface area contributed by atoms with E-state index in [9.17, 15) is 39.0 Å². The molecule has 0 aromatic carbocycles. The summed E-state index contributed by atoms with van der Waals surface area (Å²) in [6, 6.07) is -2.22. The highest BCUT2D eigenvalue weighted by atomic mass is 16.6. The van der Waals surface area contributed by atoms with Gasteiger partial charge in [0, 0.05) is 25.7 Å². The van der Waals surface area contributed by atoms with E-state index in [2.05, 4.69) is 13.8 Å². The van der Waals surface area contributed by atoms with Crippen molar-refractivity contribution in [3.8, 4) is 0 Å². The number of esters is 4. The zero-order valence-corrected chi connectivity index (χ0v) is 45.2. The number of aliphatic carboxylic acids is 2. The third kappa shape index (κ3) is 43.1. The van der Waals surface area contributed by atoms with E-state index < -0.39 is 60.4 Å². The fourth-order valence-electron chi connectivity index (χ4n) is 8.62. The summed E-state index contributed by atoms with van der Waals surface area (Å²) in [4.78, 5) is 70.8. The lowest BCUT2D eigenvalue weighted by Gasteiger charge is -2.23. The molecule has 0 bridgehead atoms. The zero-order chi connectivity index (χ0) is 53.5. The lowest BCUT2D eigenvalue weighted by Crippen LogP contribution is -2.33. The second-order valence-electron chi connectivity index (χ2n) is 20.2. The Morgan fingerprint density at radius 2 is 0.625 bits per heavy atom. The summed E-state index contributed by atoms with van der Waals surface area (Å²) in [5.74, 6) is -3.57. The minimum absolute atomic E-state index is 0.000723. The largest absolute Gasteiger partial charge is 0.480 e. The smallest absolute Gasteiger partial charge is 0.320 e. The van der Waals surface area contributed by atoms with Crippen molar-refractivity contribution in [2.75, 3.05) is 13.2 Å². The van der Waals surface area contributed by atoms with Gasteiger partial charge < -0.3 is 50.8 Å². The Bertz CT molecular complexity index is 1370. The van der Waals surface area contributed by atoms with Gasteiger partial charge in [0.2, 0.25) is 0 Å². The highest BCUT2D eigenvalue weighted by Gasteiger charge is 2.25. The molecule has 4 unspecified atom stereocenters. The molecule has 16 nitrogen and oxygen atoms in total. The number of carboxylic acids is 2. The van der Waals surface area contributed by atoms with Gasteiger partial charge in [-0.15, -0.1) is 0 Å². The highest BCUT2D eigenvalue weighted by molar-refractivity contribution is 5.76. The van der Waals surface area contributed by atoms with Crippen molar-refractivity contribution in [2.45, 2.75) is 307 Å². The molecule has 8 N–H and O–H groups in total. The van der Waals surface area contributed by atoms with Crippen LogP contribution in [-0.4, -0.2) is 106 Å². The summed E-state index contributed by atoms with van der Waals surface area (Å²) in [6.45, 7) is 5.14. The van der Waals surface area contributed by atoms with Crippen LogP contribution >= 0.6 is 0 Å². The van der Waals surface area contributed by atoms with E-state index >= 15 is 0 Å². The van der Waals surface area contributed by atoms with Crippen LogP contribution < -0.4 is 11.5 Å². The Hall–Kier alpha value is -3.34. The molecule has 16 heteroatoms. The maximum atomic E-state index is 12.3. The number of nitrogens with two attached hydrogens (primary N) is 2. The van der Waals surface area contributed by atoms with E-state index in [1.54, 1.807) is 0 Å². The van der Waals surface area contributed by atoms with Crippen molar-refractivity contribution in [3.63, 3.8) is 0 Å². The number of unbranched alkanes of at least 4 members (excludes halogenated alkanes) is 25. The molecule has 0 rings (SSSR count). The predicted molar refractivity (Wildman–Crippen MR) is 281 cm³/mol. The maximum absolute atomic E-state index is 12.3. The first-order valence-corrected chi connectivity index (χ1v) is 28.7. The standard InChI is InChI=1S/C56H104N2O14/c1-3-5-25-33-47(59)50(72-54(64)42-40-46(58)56(67)68)36-28-20-14-8-10-16-22-30-38-52(62)70-44-32-24-18-12-11-17-23-31-43-69-51(61)37-29-21-15-9-7-13-19-27-34-48(60)49(35-26-6-4-2)71-53(63)41-39-45(57)55(65)66/h45-50,59-60H,3-44,57-58H2,1-2H3,(H,65,66)(H,67,68)/t45-,46-,47?,48?,49?,50?/m0/s1. The van der Waals surface area contributed by atoms with Crippen molar-refractivity contribution in [1.29, 1.82) is 0 Å². The first kappa shape index (κ1) is 68.7. The molecule has 0 aromatic rings. The quantitative estimate of drug-likeness (QED) is 0.0188. The van der Waals surface area contributed by atoms with Crippen LogP contribution in [0.2, 0.25) is 0 Å². The summed E-state index contributed by atoms with van der Waals surface area (Å²) in [5.41, 5.74) is 11.0. The molecule has 0 saturated carbocycles. The van der Waals surface area contributed by atoms with E-state index in [4.69, 9.17) is 40.6 Å². The van der Waals surface area contributed by atoms with E-state index in [0.717, 1.165) is 193 Å². The average molecular weight is 1030 g/mol. The molecule has 422 valence electrons. The summed E-state index contributed by atoms with van der Waals surface area (Å²) in [6.07, 6.45) is 30.5. The molecule has 0 spiro atoms. The fraction of sp³-hybridized carbons (Fsp3) is 0.893. The molecule has 0 aliphatic carbocycles.